The minimum absolute atomic E-state index is 0.0112. The van der Waals surface area contributed by atoms with E-state index < -0.39 is 0 Å². The van der Waals surface area contributed by atoms with Gasteiger partial charge in [0.25, 0.3) is 5.91 Å². The van der Waals surface area contributed by atoms with E-state index in [1.54, 1.807) is 24.2 Å². The molecule has 1 aromatic carbocycles. The van der Waals surface area contributed by atoms with E-state index in [-0.39, 0.29) is 12.0 Å². The van der Waals surface area contributed by atoms with Crippen molar-refractivity contribution >= 4 is 16.8 Å². The molecule has 0 radical (unpaired) electrons. The lowest BCUT2D eigenvalue weighted by Crippen LogP contribution is -2.42. The average Bonchev–Trinajstić information content (AvgIpc) is 3.06. The van der Waals surface area contributed by atoms with Gasteiger partial charge in [-0.05, 0) is 6.07 Å². The van der Waals surface area contributed by atoms with E-state index in [1.807, 2.05) is 36.2 Å². The standard InChI is InChI=1S/C19H21N5O3/c1-23-16-6-4-3-5-15(16)17(22-23)18(25)24-9-7-13(8-10-24)27-19-20-11-14(26-2)12-21-19/h3-6,11-13H,7-10H2,1-2H3. The first-order valence-electron chi connectivity index (χ1n) is 8.89. The number of hydrogen-bond acceptors (Lipinski definition) is 6. The Bertz CT molecular complexity index is 946. The maximum absolute atomic E-state index is 12.9. The van der Waals surface area contributed by atoms with Crippen molar-refractivity contribution < 1.29 is 14.3 Å². The molecule has 0 saturated carbocycles. The summed E-state index contributed by atoms with van der Waals surface area (Å²) in [6, 6.07) is 8.11. The van der Waals surface area contributed by atoms with Crippen LogP contribution in [-0.2, 0) is 7.05 Å². The molecule has 0 aliphatic carbocycles. The Balaban J connectivity index is 1.40. The molecule has 1 fully saturated rings. The van der Waals surface area contributed by atoms with Crippen LogP contribution in [0.4, 0.5) is 0 Å². The first kappa shape index (κ1) is 17.3. The summed E-state index contributed by atoms with van der Waals surface area (Å²) < 4.78 is 12.6. The monoisotopic (exact) mass is 367 g/mol. The maximum atomic E-state index is 12.9. The van der Waals surface area contributed by atoms with Crippen LogP contribution in [0.3, 0.4) is 0 Å². The third-order valence-electron chi connectivity index (χ3n) is 4.80. The third kappa shape index (κ3) is 3.42. The second kappa shape index (κ2) is 7.22. The zero-order chi connectivity index (χ0) is 18.8. The van der Waals surface area contributed by atoms with Crippen LogP contribution in [-0.4, -0.2) is 56.9 Å². The van der Waals surface area contributed by atoms with Crippen LogP contribution in [0.1, 0.15) is 23.3 Å². The highest BCUT2D eigenvalue weighted by Crippen LogP contribution is 2.22. The van der Waals surface area contributed by atoms with Crippen LogP contribution < -0.4 is 9.47 Å². The number of fused-ring (bicyclic) bond motifs is 1. The Kier molecular flexibility index (Phi) is 4.62. The summed E-state index contributed by atoms with van der Waals surface area (Å²) in [4.78, 5) is 23.0. The van der Waals surface area contributed by atoms with Crippen molar-refractivity contribution in [2.24, 2.45) is 7.05 Å². The van der Waals surface area contributed by atoms with Crippen LogP contribution in [0.2, 0.25) is 0 Å². The molecule has 4 rings (SSSR count). The second-order valence-corrected chi connectivity index (χ2v) is 6.50. The summed E-state index contributed by atoms with van der Waals surface area (Å²) in [5, 5.41) is 5.31. The summed E-state index contributed by atoms with van der Waals surface area (Å²) in [6.45, 7) is 1.23. The maximum Gasteiger partial charge on any atom is 0.316 e. The molecule has 0 N–H and O–H groups in total. The number of aryl methyl sites for hydroxylation is 1. The Hall–Kier alpha value is -3.16. The lowest BCUT2D eigenvalue weighted by atomic mass is 10.1. The molecule has 27 heavy (non-hydrogen) atoms. The van der Waals surface area contributed by atoms with Gasteiger partial charge in [0, 0.05) is 38.4 Å². The van der Waals surface area contributed by atoms with Gasteiger partial charge in [0.15, 0.2) is 11.4 Å². The third-order valence-corrected chi connectivity index (χ3v) is 4.80. The number of methoxy groups -OCH3 is 1. The Morgan fingerprint density at radius 3 is 2.56 bits per heavy atom. The highest BCUT2D eigenvalue weighted by molar-refractivity contribution is 6.04. The smallest absolute Gasteiger partial charge is 0.316 e. The fraction of sp³-hybridized carbons (Fsp3) is 0.368. The Labute approximate surface area is 156 Å². The van der Waals surface area contributed by atoms with E-state index in [9.17, 15) is 4.79 Å². The molecular formula is C19H21N5O3. The van der Waals surface area contributed by atoms with Gasteiger partial charge >= 0.3 is 6.01 Å². The zero-order valence-electron chi connectivity index (χ0n) is 15.3. The first-order valence-corrected chi connectivity index (χ1v) is 8.89. The van der Waals surface area contributed by atoms with Crippen molar-refractivity contribution in [2.75, 3.05) is 20.2 Å². The number of nitrogens with zero attached hydrogens (tertiary/aromatic N) is 5. The summed E-state index contributed by atoms with van der Waals surface area (Å²) in [5.41, 5.74) is 1.46. The van der Waals surface area contributed by atoms with Crippen molar-refractivity contribution in [3.05, 3.63) is 42.4 Å². The van der Waals surface area contributed by atoms with Gasteiger partial charge in [-0.25, -0.2) is 0 Å². The van der Waals surface area contributed by atoms with Crippen molar-refractivity contribution in [1.29, 1.82) is 0 Å². The van der Waals surface area contributed by atoms with Gasteiger partial charge in [-0.1, -0.05) is 18.2 Å². The van der Waals surface area contributed by atoms with Crippen LogP contribution in [0.15, 0.2) is 36.7 Å². The van der Waals surface area contributed by atoms with E-state index in [0.717, 1.165) is 23.7 Å². The molecular weight excluding hydrogens is 346 g/mol. The van der Waals surface area contributed by atoms with Gasteiger partial charge in [0.1, 0.15) is 6.10 Å². The van der Waals surface area contributed by atoms with E-state index in [1.165, 1.54) is 0 Å². The van der Waals surface area contributed by atoms with Gasteiger partial charge in [-0.3, -0.25) is 9.48 Å². The van der Waals surface area contributed by atoms with Crippen molar-refractivity contribution in [3.63, 3.8) is 0 Å². The predicted molar refractivity (Wildman–Crippen MR) is 98.9 cm³/mol. The predicted octanol–water partition coefficient (Wildman–Crippen LogP) is 2.06. The number of rotatable bonds is 4. The average molecular weight is 367 g/mol. The number of aromatic nitrogens is 4. The molecule has 2 aromatic heterocycles. The molecule has 0 bridgehead atoms. The highest BCUT2D eigenvalue weighted by Gasteiger charge is 2.27. The van der Waals surface area contributed by atoms with Crippen LogP contribution in [0.5, 0.6) is 11.8 Å². The lowest BCUT2D eigenvalue weighted by molar-refractivity contribution is 0.0574. The molecule has 3 aromatic rings. The van der Waals surface area contributed by atoms with Crippen molar-refractivity contribution in [2.45, 2.75) is 18.9 Å². The lowest BCUT2D eigenvalue weighted by Gasteiger charge is -2.31. The van der Waals surface area contributed by atoms with Gasteiger partial charge in [-0.2, -0.15) is 15.1 Å². The minimum Gasteiger partial charge on any atom is -0.494 e. The number of para-hydroxylation sites is 1. The van der Waals surface area contributed by atoms with Crippen molar-refractivity contribution in [1.82, 2.24) is 24.6 Å². The Morgan fingerprint density at radius 2 is 1.85 bits per heavy atom. The first-order chi connectivity index (χ1) is 13.2. The largest absolute Gasteiger partial charge is 0.494 e. The number of benzene rings is 1. The molecule has 1 aliphatic rings. The van der Waals surface area contributed by atoms with Crippen LogP contribution in [0, 0.1) is 0 Å². The molecule has 8 nitrogen and oxygen atoms in total. The van der Waals surface area contributed by atoms with E-state index >= 15 is 0 Å². The number of amides is 1. The van der Waals surface area contributed by atoms with Gasteiger partial charge in [-0.15, -0.1) is 0 Å². The summed E-state index contributed by atoms with van der Waals surface area (Å²) in [6.07, 6.45) is 4.60. The number of ether oxygens (including phenoxy) is 2. The van der Waals surface area contributed by atoms with Crippen LogP contribution in [0.25, 0.3) is 10.9 Å². The quantitative estimate of drug-likeness (QED) is 0.702. The topological polar surface area (TPSA) is 82.4 Å². The second-order valence-electron chi connectivity index (χ2n) is 6.50. The molecule has 140 valence electrons. The number of carbonyl (C=O) groups is 1. The van der Waals surface area contributed by atoms with E-state index in [0.29, 0.717) is 30.5 Å². The van der Waals surface area contributed by atoms with Gasteiger partial charge < -0.3 is 14.4 Å². The normalized spacial score (nSPS) is 15.1. The molecule has 1 saturated heterocycles. The SMILES string of the molecule is COc1cnc(OC2CCN(C(=O)c3nn(C)c4ccccc34)CC2)nc1. The van der Waals surface area contributed by atoms with Gasteiger partial charge in [0.05, 0.1) is 25.0 Å². The summed E-state index contributed by atoms with van der Waals surface area (Å²) in [7, 11) is 3.42. The Morgan fingerprint density at radius 1 is 1.15 bits per heavy atom. The molecule has 0 spiro atoms. The fourth-order valence-electron chi connectivity index (χ4n) is 3.32. The molecule has 3 heterocycles. The van der Waals surface area contributed by atoms with Gasteiger partial charge in [0.2, 0.25) is 0 Å². The fourth-order valence-corrected chi connectivity index (χ4v) is 3.32. The molecule has 8 heteroatoms. The number of piperidine rings is 1. The molecule has 0 atom stereocenters. The molecule has 1 aliphatic heterocycles. The van der Waals surface area contributed by atoms with E-state index in [2.05, 4.69) is 15.1 Å². The minimum atomic E-state index is -0.0362. The van der Waals surface area contributed by atoms with E-state index in [4.69, 9.17) is 9.47 Å². The van der Waals surface area contributed by atoms with Crippen LogP contribution >= 0.6 is 0 Å². The molecule has 1 amide bonds. The molecule has 0 unspecified atom stereocenters. The summed E-state index contributed by atoms with van der Waals surface area (Å²) >= 11 is 0. The highest BCUT2D eigenvalue weighted by atomic mass is 16.5. The summed E-state index contributed by atoms with van der Waals surface area (Å²) in [5.74, 6) is 0.552. The number of carbonyl (C=O) groups excluding carboxylic acids is 1. The number of likely N-dealkylation sites (tertiary alicyclic amines) is 1. The number of hydrogen-bond donors (Lipinski definition) is 0. The zero-order valence-corrected chi connectivity index (χ0v) is 15.3. The van der Waals surface area contributed by atoms with Crippen molar-refractivity contribution in [3.8, 4) is 11.8 Å².